The average Bonchev–Trinajstić information content (AvgIpc) is 2.93. The number of carbonyl (C=O) groups is 2. The predicted octanol–water partition coefficient (Wildman–Crippen LogP) is 8.68. The smallest absolute Gasteiger partial charge is 0.339 e. The van der Waals surface area contributed by atoms with Gasteiger partial charge in [0.25, 0.3) is 0 Å². The summed E-state index contributed by atoms with van der Waals surface area (Å²) in [7, 11) is -4.71. The molecule has 5 fully saturated rings. The number of rotatable bonds is 7. The molecule has 0 aromatic heterocycles. The Morgan fingerprint density at radius 3 is 2.23 bits per heavy atom. The van der Waals surface area contributed by atoms with Crippen molar-refractivity contribution in [3.05, 3.63) is 51.7 Å². The molecule has 11 heteroatoms. The molecule has 0 amide bonds. The maximum atomic E-state index is 14.3. The minimum atomic E-state index is -4.71. The van der Waals surface area contributed by atoms with Crippen molar-refractivity contribution in [1.82, 2.24) is 0 Å². The first-order valence-electron chi connectivity index (χ1n) is 15.4. The van der Waals surface area contributed by atoms with E-state index in [9.17, 15) is 22.6 Å². The Balaban J connectivity index is 1.32. The van der Waals surface area contributed by atoms with E-state index in [0.29, 0.717) is 41.7 Å². The van der Waals surface area contributed by atoms with Crippen molar-refractivity contribution < 1.29 is 32.0 Å². The summed E-state index contributed by atoms with van der Waals surface area (Å²) in [5, 5.41) is 0. The molecule has 2 aromatic rings. The molecule has 5 aliphatic rings. The molecule has 7 nitrogen and oxygen atoms in total. The molecular formula is C33H36I3O7S-. The van der Waals surface area contributed by atoms with Crippen LogP contribution >= 0.6 is 67.8 Å². The van der Waals surface area contributed by atoms with Crippen LogP contribution in [-0.2, 0) is 19.6 Å². The molecule has 0 saturated heterocycles. The van der Waals surface area contributed by atoms with Gasteiger partial charge in [0.05, 0.1) is 15.9 Å². The van der Waals surface area contributed by atoms with Crippen molar-refractivity contribution in [3.8, 4) is 5.75 Å². The summed E-state index contributed by atoms with van der Waals surface area (Å²) in [6, 6.07) is 7.01. The zero-order chi connectivity index (χ0) is 31.6. The van der Waals surface area contributed by atoms with Gasteiger partial charge in [0.1, 0.15) is 21.5 Å². The summed E-state index contributed by atoms with van der Waals surface area (Å²) in [6.45, 7) is 3.81. The lowest BCUT2D eigenvalue weighted by molar-refractivity contribution is -0.189. The lowest BCUT2D eigenvalue weighted by atomic mass is 9.48. The fraction of sp³-hybridized carbons (Fsp3) is 0.576. The highest BCUT2D eigenvalue weighted by Crippen LogP contribution is 2.63. The van der Waals surface area contributed by atoms with Crippen molar-refractivity contribution in [1.29, 1.82) is 0 Å². The van der Waals surface area contributed by atoms with Gasteiger partial charge in [0.2, 0.25) is 0 Å². The Morgan fingerprint density at radius 1 is 0.955 bits per heavy atom. The van der Waals surface area contributed by atoms with Crippen LogP contribution in [0.5, 0.6) is 5.75 Å². The van der Waals surface area contributed by atoms with Crippen LogP contribution < -0.4 is 4.74 Å². The first-order chi connectivity index (χ1) is 20.7. The van der Waals surface area contributed by atoms with E-state index in [1.165, 1.54) is 6.07 Å². The first-order valence-corrected chi connectivity index (χ1v) is 20.1. The zero-order valence-electron chi connectivity index (χ0n) is 24.8. The summed E-state index contributed by atoms with van der Waals surface area (Å²) in [4.78, 5) is 27.7. The van der Waals surface area contributed by atoms with Gasteiger partial charge in [-0.3, -0.25) is 4.79 Å². The average molecular weight is 957 g/mol. The van der Waals surface area contributed by atoms with Crippen LogP contribution in [-0.4, -0.2) is 30.5 Å². The molecule has 2 aromatic carbocycles. The molecule has 0 N–H and O–H groups in total. The highest BCUT2D eigenvalue weighted by molar-refractivity contribution is 14.1. The number of hydrogen-bond acceptors (Lipinski definition) is 7. The zero-order valence-corrected chi connectivity index (χ0v) is 32.1. The van der Waals surface area contributed by atoms with E-state index in [1.54, 1.807) is 6.07 Å². The number of ether oxygens (including phenoxy) is 2. The lowest BCUT2D eigenvalue weighted by Crippen LogP contribution is -2.60. The summed E-state index contributed by atoms with van der Waals surface area (Å²) >= 11 is 6.64. The van der Waals surface area contributed by atoms with E-state index in [0.717, 1.165) is 62.1 Å². The third kappa shape index (κ3) is 6.47. The second kappa shape index (κ2) is 12.5. The maximum Gasteiger partial charge on any atom is 0.339 e. The first kappa shape index (κ1) is 33.4. The second-order valence-electron chi connectivity index (χ2n) is 13.8. The summed E-state index contributed by atoms with van der Waals surface area (Å²) < 4.78 is 52.8. The Morgan fingerprint density at radius 2 is 1.61 bits per heavy atom. The van der Waals surface area contributed by atoms with Gasteiger partial charge in [0.15, 0.2) is 0 Å². The van der Waals surface area contributed by atoms with Gasteiger partial charge in [-0.15, -0.1) is 0 Å². The van der Waals surface area contributed by atoms with E-state index in [1.807, 2.05) is 26.0 Å². The monoisotopic (exact) mass is 957 g/mol. The molecule has 0 radical (unpaired) electrons. The molecule has 5 aliphatic carbocycles. The van der Waals surface area contributed by atoms with Crippen LogP contribution in [0.25, 0.3) is 0 Å². The quantitative estimate of drug-likeness (QED) is 0.0899. The van der Waals surface area contributed by atoms with Gasteiger partial charge in [-0.1, -0.05) is 33.1 Å². The van der Waals surface area contributed by atoms with Gasteiger partial charge < -0.3 is 14.0 Å². The van der Waals surface area contributed by atoms with Crippen LogP contribution in [0.2, 0.25) is 0 Å². The molecule has 2 atom stereocenters. The molecule has 0 spiro atoms. The second-order valence-corrected chi connectivity index (χ2v) is 18.7. The van der Waals surface area contributed by atoms with E-state index in [2.05, 4.69) is 67.8 Å². The highest BCUT2D eigenvalue weighted by atomic mass is 127. The Bertz CT molecular complexity index is 1600. The van der Waals surface area contributed by atoms with Gasteiger partial charge in [0, 0.05) is 17.1 Å². The Hall–Kier alpha value is -0.520. The van der Waals surface area contributed by atoms with Crippen molar-refractivity contribution in [3.63, 3.8) is 0 Å². The summed E-state index contributed by atoms with van der Waals surface area (Å²) in [6.07, 6.45) is 8.96. The van der Waals surface area contributed by atoms with Crippen LogP contribution in [0.4, 0.5) is 0 Å². The van der Waals surface area contributed by atoms with Crippen LogP contribution in [0.15, 0.2) is 29.2 Å². The van der Waals surface area contributed by atoms with E-state index < -0.39 is 21.1 Å². The van der Waals surface area contributed by atoms with E-state index in [-0.39, 0.29) is 40.5 Å². The fourth-order valence-electron chi connectivity index (χ4n) is 8.78. The highest BCUT2D eigenvalue weighted by Gasteiger charge is 2.63. The molecule has 2 unspecified atom stereocenters. The maximum absolute atomic E-state index is 14.3. The van der Waals surface area contributed by atoms with Crippen molar-refractivity contribution in [2.75, 3.05) is 0 Å². The number of halogens is 3. The minimum absolute atomic E-state index is 0.0599. The van der Waals surface area contributed by atoms with Crippen molar-refractivity contribution in [2.45, 2.75) is 107 Å². The van der Waals surface area contributed by atoms with Crippen LogP contribution in [0.3, 0.4) is 0 Å². The minimum Gasteiger partial charge on any atom is -0.744 e. The standard InChI is InChI=1S/C33H37I3O7S/c1-18(2)23-12-28(44(39,40)41)24(21-6-4-3-5-7-21)11-27(23)42-31(38)32-13-19-8-20(14-32)16-33(15-19,17-32)43-30(37)25-9-22(34)10-26(35)29(25)36/h9-12,18-21H,3-8,13-17H2,1-2H3,(H,39,40,41)/p-1. The third-order valence-corrected chi connectivity index (χ3v) is 14.8. The fourth-order valence-corrected chi connectivity index (χ4v) is 11.9. The van der Waals surface area contributed by atoms with Gasteiger partial charge >= 0.3 is 11.9 Å². The SMILES string of the molecule is CC(C)c1cc(S(=O)(=O)[O-])c(C2CCCCC2)cc1OC(=O)C12CC3CC(CC(OC(=O)c4cc(I)cc(I)c4I)(C3)C1)C2. The van der Waals surface area contributed by atoms with Crippen LogP contribution in [0, 0.1) is 28.0 Å². The normalized spacial score (nSPS) is 28.3. The number of benzene rings is 2. The molecule has 5 saturated carbocycles. The van der Waals surface area contributed by atoms with Gasteiger partial charge in [-0.25, -0.2) is 13.2 Å². The third-order valence-electron chi connectivity index (χ3n) is 10.2. The summed E-state index contributed by atoms with van der Waals surface area (Å²) in [5.74, 6) is -0.0203. The number of hydrogen-bond donors (Lipinski definition) is 0. The molecule has 0 heterocycles. The molecular weight excluding hydrogens is 921 g/mol. The number of carbonyl (C=O) groups excluding carboxylic acids is 2. The Labute approximate surface area is 300 Å². The largest absolute Gasteiger partial charge is 0.744 e. The van der Waals surface area contributed by atoms with Crippen molar-refractivity contribution >= 4 is 89.8 Å². The lowest BCUT2D eigenvalue weighted by Gasteiger charge is -2.59. The topological polar surface area (TPSA) is 110 Å². The van der Waals surface area contributed by atoms with E-state index >= 15 is 0 Å². The molecule has 238 valence electrons. The van der Waals surface area contributed by atoms with Gasteiger partial charge in [-0.2, -0.15) is 0 Å². The Kier molecular flexibility index (Phi) is 9.48. The number of esters is 2. The summed E-state index contributed by atoms with van der Waals surface area (Å²) in [5.41, 5.74) is 0.0783. The molecule has 44 heavy (non-hydrogen) atoms. The molecule has 0 aliphatic heterocycles. The molecule has 7 rings (SSSR count). The predicted molar refractivity (Wildman–Crippen MR) is 190 cm³/mol. The van der Waals surface area contributed by atoms with E-state index in [4.69, 9.17) is 9.47 Å². The molecule has 4 bridgehead atoms. The van der Waals surface area contributed by atoms with Gasteiger partial charge in [-0.05, 0) is 172 Å². The van der Waals surface area contributed by atoms with Crippen LogP contribution in [0.1, 0.15) is 118 Å². The van der Waals surface area contributed by atoms with Crippen molar-refractivity contribution in [2.24, 2.45) is 17.3 Å².